The van der Waals surface area contributed by atoms with Gasteiger partial charge < -0.3 is 15.0 Å². The lowest BCUT2D eigenvalue weighted by molar-refractivity contribution is 0.00940. The smallest absolute Gasteiger partial charge is 0.0599 e. The molecule has 0 radical (unpaired) electrons. The van der Waals surface area contributed by atoms with E-state index in [0.717, 1.165) is 6.61 Å². The van der Waals surface area contributed by atoms with E-state index in [2.05, 4.69) is 24.1 Å². The lowest BCUT2D eigenvalue weighted by atomic mass is 9.97. The average Bonchev–Trinajstić information content (AvgIpc) is 2.68. The second-order valence-electron chi connectivity index (χ2n) is 5.52. The maximum absolute atomic E-state index is 5.68. The molecule has 1 N–H and O–H groups in total. The number of ether oxygens (including phenoxy) is 1. The quantitative estimate of drug-likeness (QED) is 0.788. The molecule has 2 saturated heterocycles. The van der Waals surface area contributed by atoms with Gasteiger partial charge in [0.05, 0.1) is 6.10 Å². The number of nitrogens with one attached hydrogen (secondary N) is 1. The monoisotopic (exact) mass is 226 g/mol. The topological polar surface area (TPSA) is 24.5 Å². The van der Waals surface area contributed by atoms with Crippen LogP contribution in [0.3, 0.4) is 0 Å². The average molecular weight is 226 g/mol. The highest BCUT2D eigenvalue weighted by atomic mass is 16.5. The summed E-state index contributed by atoms with van der Waals surface area (Å²) in [6.07, 6.45) is 5.61. The molecule has 2 aliphatic rings. The molecule has 0 bridgehead atoms. The van der Waals surface area contributed by atoms with E-state index < -0.39 is 0 Å². The summed E-state index contributed by atoms with van der Waals surface area (Å²) in [6.45, 7) is 10.2. The fourth-order valence-corrected chi connectivity index (χ4v) is 3.06. The normalized spacial score (nSPS) is 33.4. The SMILES string of the molecule is CCOC1CCN(CC2(C)CCCN2)CC1. The minimum Gasteiger partial charge on any atom is -0.378 e. The fourth-order valence-electron chi connectivity index (χ4n) is 3.06. The highest BCUT2D eigenvalue weighted by molar-refractivity contribution is 4.92. The van der Waals surface area contributed by atoms with Crippen LogP contribution in [0.2, 0.25) is 0 Å². The largest absolute Gasteiger partial charge is 0.378 e. The zero-order chi connectivity index (χ0) is 11.4. The van der Waals surface area contributed by atoms with E-state index in [4.69, 9.17) is 4.74 Å². The third kappa shape index (κ3) is 3.19. The van der Waals surface area contributed by atoms with Crippen molar-refractivity contribution in [2.45, 2.75) is 51.2 Å². The van der Waals surface area contributed by atoms with E-state index in [9.17, 15) is 0 Å². The molecule has 2 heterocycles. The predicted octanol–water partition coefficient (Wildman–Crippen LogP) is 1.63. The number of hydrogen-bond acceptors (Lipinski definition) is 3. The van der Waals surface area contributed by atoms with Crippen LogP contribution in [0.5, 0.6) is 0 Å². The second kappa shape index (κ2) is 5.48. The number of piperidine rings is 1. The molecule has 0 aromatic carbocycles. The Labute approximate surface area is 99.5 Å². The number of nitrogens with zero attached hydrogens (tertiary/aromatic N) is 1. The molecule has 0 spiro atoms. The molecule has 0 aromatic heterocycles. The minimum absolute atomic E-state index is 0.373. The zero-order valence-corrected chi connectivity index (χ0v) is 10.8. The van der Waals surface area contributed by atoms with Crippen LogP contribution in [0.25, 0.3) is 0 Å². The molecule has 0 saturated carbocycles. The zero-order valence-electron chi connectivity index (χ0n) is 10.8. The molecule has 94 valence electrons. The molecule has 0 amide bonds. The van der Waals surface area contributed by atoms with Crippen molar-refractivity contribution in [3.05, 3.63) is 0 Å². The molecule has 0 aliphatic carbocycles. The lowest BCUT2D eigenvalue weighted by Crippen LogP contribution is -2.50. The van der Waals surface area contributed by atoms with Crippen LogP contribution >= 0.6 is 0 Å². The second-order valence-corrected chi connectivity index (χ2v) is 5.52. The highest BCUT2D eigenvalue weighted by Crippen LogP contribution is 2.22. The molecule has 2 fully saturated rings. The van der Waals surface area contributed by atoms with Crippen molar-refractivity contribution < 1.29 is 4.74 Å². The van der Waals surface area contributed by atoms with Gasteiger partial charge in [0.1, 0.15) is 0 Å². The molecule has 2 aliphatic heterocycles. The van der Waals surface area contributed by atoms with Crippen molar-refractivity contribution in [3.8, 4) is 0 Å². The first-order chi connectivity index (χ1) is 7.72. The first-order valence-electron chi connectivity index (χ1n) is 6.81. The molecule has 0 aromatic rings. The van der Waals surface area contributed by atoms with Crippen LogP contribution in [0.4, 0.5) is 0 Å². The van der Waals surface area contributed by atoms with Gasteiger partial charge in [-0.3, -0.25) is 0 Å². The van der Waals surface area contributed by atoms with Crippen LogP contribution in [-0.2, 0) is 4.74 Å². The molecule has 2 rings (SSSR count). The van der Waals surface area contributed by atoms with E-state index in [1.54, 1.807) is 0 Å². The summed E-state index contributed by atoms with van der Waals surface area (Å²) in [7, 11) is 0. The van der Waals surface area contributed by atoms with Gasteiger partial charge in [-0.05, 0) is 46.1 Å². The predicted molar refractivity (Wildman–Crippen MR) is 66.7 cm³/mol. The summed E-state index contributed by atoms with van der Waals surface area (Å²) in [6, 6.07) is 0. The molecule has 1 atom stereocenters. The Morgan fingerprint density at radius 1 is 1.38 bits per heavy atom. The first-order valence-corrected chi connectivity index (χ1v) is 6.81. The van der Waals surface area contributed by atoms with Crippen molar-refractivity contribution in [3.63, 3.8) is 0 Å². The Morgan fingerprint density at radius 3 is 2.69 bits per heavy atom. The van der Waals surface area contributed by atoms with E-state index in [1.807, 2.05) is 0 Å². The van der Waals surface area contributed by atoms with E-state index in [1.165, 1.54) is 51.9 Å². The number of hydrogen-bond donors (Lipinski definition) is 1. The first kappa shape index (κ1) is 12.3. The summed E-state index contributed by atoms with van der Waals surface area (Å²) in [4.78, 5) is 2.60. The van der Waals surface area contributed by atoms with E-state index in [-0.39, 0.29) is 0 Å². The number of likely N-dealkylation sites (tertiary alicyclic amines) is 1. The molecule has 1 unspecified atom stereocenters. The van der Waals surface area contributed by atoms with Gasteiger partial charge in [0, 0.05) is 31.8 Å². The summed E-state index contributed by atoms with van der Waals surface area (Å²) < 4.78 is 5.68. The summed E-state index contributed by atoms with van der Waals surface area (Å²) in [5.41, 5.74) is 0.373. The van der Waals surface area contributed by atoms with E-state index >= 15 is 0 Å². The van der Waals surface area contributed by atoms with Crippen LogP contribution in [0.15, 0.2) is 0 Å². The summed E-state index contributed by atoms with van der Waals surface area (Å²) in [5.74, 6) is 0. The van der Waals surface area contributed by atoms with Gasteiger partial charge in [-0.2, -0.15) is 0 Å². The van der Waals surface area contributed by atoms with Crippen molar-refractivity contribution in [1.82, 2.24) is 10.2 Å². The van der Waals surface area contributed by atoms with Crippen molar-refractivity contribution >= 4 is 0 Å². The Balaban J connectivity index is 1.72. The van der Waals surface area contributed by atoms with E-state index in [0.29, 0.717) is 11.6 Å². The van der Waals surface area contributed by atoms with Gasteiger partial charge in [0.2, 0.25) is 0 Å². The summed E-state index contributed by atoms with van der Waals surface area (Å²) >= 11 is 0. The Kier molecular flexibility index (Phi) is 4.22. The number of rotatable bonds is 4. The molecule has 3 nitrogen and oxygen atoms in total. The third-order valence-corrected chi connectivity index (χ3v) is 3.97. The maximum atomic E-state index is 5.68. The Morgan fingerprint density at radius 2 is 2.12 bits per heavy atom. The van der Waals surface area contributed by atoms with Crippen molar-refractivity contribution in [1.29, 1.82) is 0 Å². The van der Waals surface area contributed by atoms with Gasteiger partial charge in [0.15, 0.2) is 0 Å². The Hall–Kier alpha value is -0.120. The lowest BCUT2D eigenvalue weighted by Gasteiger charge is -2.37. The third-order valence-electron chi connectivity index (χ3n) is 3.97. The van der Waals surface area contributed by atoms with Crippen LogP contribution < -0.4 is 5.32 Å². The van der Waals surface area contributed by atoms with Gasteiger partial charge in [-0.1, -0.05) is 0 Å². The van der Waals surface area contributed by atoms with Crippen LogP contribution in [0.1, 0.15) is 39.5 Å². The fraction of sp³-hybridized carbons (Fsp3) is 1.00. The van der Waals surface area contributed by atoms with Gasteiger partial charge in [-0.25, -0.2) is 0 Å². The maximum Gasteiger partial charge on any atom is 0.0599 e. The molecular formula is C13H26N2O. The molecule has 3 heteroatoms. The van der Waals surface area contributed by atoms with Crippen molar-refractivity contribution in [2.24, 2.45) is 0 Å². The standard InChI is InChI=1S/C13H26N2O/c1-3-16-12-5-9-15(10-6-12)11-13(2)7-4-8-14-13/h12,14H,3-11H2,1-2H3. The van der Waals surface area contributed by atoms with Gasteiger partial charge in [-0.15, -0.1) is 0 Å². The minimum atomic E-state index is 0.373. The Bertz CT molecular complexity index is 206. The van der Waals surface area contributed by atoms with Crippen molar-refractivity contribution in [2.75, 3.05) is 32.8 Å². The van der Waals surface area contributed by atoms with Crippen LogP contribution in [-0.4, -0.2) is 49.3 Å². The highest BCUT2D eigenvalue weighted by Gasteiger charge is 2.31. The molecule has 16 heavy (non-hydrogen) atoms. The van der Waals surface area contributed by atoms with Gasteiger partial charge in [0.25, 0.3) is 0 Å². The van der Waals surface area contributed by atoms with Crippen LogP contribution in [0, 0.1) is 0 Å². The van der Waals surface area contributed by atoms with Gasteiger partial charge >= 0.3 is 0 Å². The summed E-state index contributed by atoms with van der Waals surface area (Å²) in [5, 5.41) is 3.64. The molecular weight excluding hydrogens is 200 g/mol.